The van der Waals surface area contributed by atoms with E-state index in [1.54, 1.807) is 6.20 Å². The number of rotatable bonds is 1. The lowest BCUT2D eigenvalue weighted by Gasteiger charge is -1.97. The van der Waals surface area contributed by atoms with Crippen molar-refractivity contribution in [3.05, 3.63) is 17.5 Å². The topological polar surface area (TPSA) is 67.2 Å². The molecule has 0 radical (unpaired) electrons. The third-order valence-electron chi connectivity index (χ3n) is 1.70. The van der Waals surface area contributed by atoms with Crippen molar-refractivity contribution in [3.8, 4) is 0 Å². The van der Waals surface area contributed by atoms with Crippen molar-refractivity contribution in [2.75, 3.05) is 0 Å². The Kier molecular flexibility index (Phi) is 1.19. The molecule has 0 aliphatic carbocycles. The van der Waals surface area contributed by atoms with Crippen LogP contribution in [0.1, 0.15) is 16.1 Å². The van der Waals surface area contributed by atoms with Crippen molar-refractivity contribution < 1.29 is 9.90 Å². The van der Waals surface area contributed by atoms with Crippen molar-refractivity contribution in [1.29, 1.82) is 0 Å². The molecule has 1 aromatic heterocycles. The second-order valence-electron chi connectivity index (χ2n) is 2.34. The van der Waals surface area contributed by atoms with E-state index in [-0.39, 0.29) is 12.6 Å². The van der Waals surface area contributed by atoms with Gasteiger partial charge in [0.25, 0.3) is 5.91 Å². The first-order valence-corrected chi connectivity index (χ1v) is 3.26. The average Bonchev–Trinajstić information content (AvgIpc) is 2.54. The summed E-state index contributed by atoms with van der Waals surface area (Å²) in [5, 5.41) is 15.2. The van der Waals surface area contributed by atoms with Crippen LogP contribution in [0.3, 0.4) is 0 Å². The molecule has 0 saturated heterocycles. The molecule has 1 aromatic rings. The van der Waals surface area contributed by atoms with Crippen molar-refractivity contribution >= 4 is 5.91 Å². The lowest BCUT2D eigenvalue weighted by molar-refractivity contribution is 0.0941. The van der Waals surface area contributed by atoms with Gasteiger partial charge in [-0.05, 0) is 0 Å². The van der Waals surface area contributed by atoms with Crippen LogP contribution in [0.2, 0.25) is 0 Å². The Morgan fingerprint density at radius 1 is 1.82 bits per heavy atom. The highest BCUT2D eigenvalue weighted by Gasteiger charge is 2.23. The number of aliphatic hydroxyl groups excluding tert-OH is 1. The summed E-state index contributed by atoms with van der Waals surface area (Å²) in [6, 6.07) is 0. The predicted molar refractivity (Wildman–Crippen MR) is 35.6 cm³/mol. The van der Waals surface area contributed by atoms with Crippen LogP contribution in [0.5, 0.6) is 0 Å². The maximum absolute atomic E-state index is 11.0. The van der Waals surface area contributed by atoms with E-state index in [1.165, 1.54) is 4.68 Å². The number of fused-ring (bicyclic) bond motifs is 1. The molecule has 2 rings (SSSR count). The predicted octanol–water partition coefficient (Wildman–Crippen LogP) is -0.924. The van der Waals surface area contributed by atoms with Gasteiger partial charge in [-0.2, -0.15) is 5.10 Å². The maximum atomic E-state index is 11.0. The Balaban J connectivity index is 2.54. The summed E-state index contributed by atoms with van der Waals surface area (Å²) < 4.78 is 1.28. The quantitative estimate of drug-likeness (QED) is 0.548. The van der Waals surface area contributed by atoms with Crippen molar-refractivity contribution in [1.82, 2.24) is 15.1 Å². The number of carbonyl (C=O) groups is 1. The zero-order valence-electron chi connectivity index (χ0n) is 5.74. The molecule has 1 amide bonds. The molecule has 58 valence electrons. The molecular weight excluding hydrogens is 146 g/mol. The van der Waals surface area contributed by atoms with E-state index in [4.69, 9.17) is 5.11 Å². The number of aliphatic hydroxyl groups is 1. The van der Waals surface area contributed by atoms with Gasteiger partial charge in [0.15, 0.2) is 0 Å². The first-order chi connectivity index (χ1) is 5.33. The highest BCUT2D eigenvalue weighted by atomic mass is 16.3. The van der Waals surface area contributed by atoms with E-state index in [0.717, 1.165) is 5.56 Å². The summed E-state index contributed by atoms with van der Waals surface area (Å²) >= 11 is 0. The van der Waals surface area contributed by atoms with Gasteiger partial charge in [0.1, 0.15) is 12.4 Å². The van der Waals surface area contributed by atoms with Gasteiger partial charge in [-0.3, -0.25) is 4.79 Å². The van der Waals surface area contributed by atoms with Crippen LogP contribution in [0.4, 0.5) is 0 Å². The number of aromatic nitrogens is 2. The fourth-order valence-electron chi connectivity index (χ4n) is 1.18. The zero-order chi connectivity index (χ0) is 7.84. The smallest absolute Gasteiger partial charge is 0.270 e. The standard InChI is InChI=1S/C6H7N3O2/c10-3-9-5-4(2-8-9)1-7-6(5)11/h2,10H,1,3H2,(H,7,11). The second-order valence-corrected chi connectivity index (χ2v) is 2.34. The monoisotopic (exact) mass is 153 g/mol. The van der Waals surface area contributed by atoms with Gasteiger partial charge in [-0.25, -0.2) is 4.68 Å². The largest absolute Gasteiger partial charge is 0.374 e. The summed E-state index contributed by atoms with van der Waals surface area (Å²) in [7, 11) is 0. The first kappa shape index (κ1) is 6.36. The molecule has 0 aromatic carbocycles. The Hall–Kier alpha value is -1.36. The molecule has 0 unspecified atom stereocenters. The molecule has 2 N–H and O–H groups in total. The van der Waals surface area contributed by atoms with E-state index in [9.17, 15) is 4.79 Å². The molecule has 0 fully saturated rings. The van der Waals surface area contributed by atoms with Gasteiger partial charge in [0.05, 0.1) is 6.20 Å². The van der Waals surface area contributed by atoms with Crippen LogP contribution in [-0.2, 0) is 13.3 Å². The second kappa shape index (κ2) is 2.06. The summed E-state index contributed by atoms with van der Waals surface area (Å²) in [6.45, 7) is 0.275. The fraction of sp³-hybridized carbons (Fsp3) is 0.333. The zero-order valence-corrected chi connectivity index (χ0v) is 5.74. The van der Waals surface area contributed by atoms with Crippen LogP contribution >= 0.6 is 0 Å². The summed E-state index contributed by atoms with van der Waals surface area (Å²) in [5.41, 5.74) is 1.33. The minimum atomic E-state index is -0.247. The number of hydrogen-bond acceptors (Lipinski definition) is 3. The van der Waals surface area contributed by atoms with E-state index >= 15 is 0 Å². The molecule has 0 bridgehead atoms. The Morgan fingerprint density at radius 3 is 3.36 bits per heavy atom. The molecule has 0 spiro atoms. The summed E-state index contributed by atoms with van der Waals surface area (Å²) in [6.07, 6.45) is 1.59. The third-order valence-corrected chi connectivity index (χ3v) is 1.70. The number of carbonyl (C=O) groups excluding carboxylic acids is 1. The van der Waals surface area contributed by atoms with Crippen LogP contribution in [-0.4, -0.2) is 20.8 Å². The summed E-state index contributed by atoms with van der Waals surface area (Å²) in [4.78, 5) is 11.0. The van der Waals surface area contributed by atoms with Gasteiger partial charge >= 0.3 is 0 Å². The molecule has 1 aliphatic heterocycles. The molecule has 5 nitrogen and oxygen atoms in total. The molecule has 2 heterocycles. The van der Waals surface area contributed by atoms with E-state index < -0.39 is 0 Å². The summed E-state index contributed by atoms with van der Waals surface area (Å²) in [5.74, 6) is -0.161. The fourth-order valence-corrected chi connectivity index (χ4v) is 1.18. The Bertz CT molecular complexity index is 305. The van der Waals surface area contributed by atoms with Crippen LogP contribution in [0.25, 0.3) is 0 Å². The van der Waals surface area contributed by atoms with Gasteiger partial charge in [0, 0.05) is 12.1 Å². The maximum Gasteiger partial charge on any atom is 0.270 e. The van der Waals surface area contributed by atoms with E-state index in [2.05, 4.69) is 10.4 Å². The molecule has 11 heavy (non-hydrogen) atoms. The SMILES string of the molecule is O=C1NCc2cnn(CO)c21. The van der Waals surface area contributed by atoms with E-state index in [0.29, 0.717) is 12.2 Å². The minimum Gasteiger partial charge on any atom is -0.374 e. The van der Waals surface area contributed by atoms with E-state index in [1.807, 2.05) is 0 Å². The van der Waals surface area contributed by atoms with Crippen LogP contribution < -0.4 is 5.32 Å². The van der Waals surface area contributed by atoms with Crippen molar-refractivity contribution in [2.24, 2.45) is 0 Å². The highest BCUT2D eigenvalue weighted by Crippen LogP contribution is 2.13. The van der Waals surface area contributed by atoms with Gasteiger partial charge < -0.3 is 10.4 Å². The van der Waals surface area contributed by atoms with Crippen LogP contribution in [0.15, 0.2) is 6.20 Å². The Labute approximate surface area is 62.6 Å². The number of hydrogen-bond donors (Lipinski definition) is 2. The molecule has 1 aliphatic rings. The number of amides is 1. The van der Waals surface area contributed by atoms with Gasteiger partial charge in [-0.1, -0.05) is 0 Å². The Morgan fingerprint density at radius 2 is 2.64 bits per heavy atom. The molecular formula is C6H7N3O2. The van der Waals surface area contributed by atoms with Gasteiger partial charge in [0.2, 0.25) is 0 Å². The number of nitrogens with zero attached hydrogens (tertiary/aromatic N) is 2. The lowest BCUT2D eigenvalue weighted by Crippen LogP contribution is -2.18. The normalized spacial score (nSPS) is 14.8. The van der Waals surface area contributed by atoms with Crippen molar-refractivity contribution in [3.63, 3.8) is 0 Å². The third kappa shape index (κ3) is 0.743. The van der Waals surface area contributed by atoms with Crippen molar-refractivity contribution in [2.45, 2.75) is 13.3 Å². The first-order valence-electron chi connectivity index (χ1n) is 3.26. The molecule has 0 atom stereocenters. The highest BCUT2D eigenvalue weighted by molar-refractivity contribution is 5.96. The number of nitrogens with one attached hydrogen (secondary N) is 1. The molecule has 5 heteroatoms. The lowest BCUT2D eigenvalue weighted by atomic mass is 10.3. The van der Waals surface area contributed by atoms with Gasteiger partial charge in [-0.15, -0.1) is 0 Å². The average molecular weight is 153 g/mol. The van der Waals surface area contributed by atoms with Crippen LogP contribution in [0, 0.1) is 0 Å². The minimum absolute atomic E-state index is 0.161. The molecule has 0 saturated carbocycles.